The fourth-order valence-electron chi connectivity index (χ4n) is 1.38. The molecule has 0 aliphatic heterocycles. The van der Waals surface area contributed by atoms with Crippen LogP contribution in [0, 0.1) is 6.92 Å². The third kappa shape index (κ3) is 2.28. The molecule has 2 N–H and O–H groups in total. The summed E-state index contributed by atoms with van der Waals surface area (Å²) in [6.07, 6.45) is 1.74. The van der Waals surface area contributed by atoms with Gasteiger partial charge in [-0.1, -0.05) is 29.8 Å². The topological polar surface area (TPSA) is 66.2 Å². The summed E-state index contributed by atoms with van der Waals surface area (Å²) in [6, 6.07) is 8.00. The molecule has 2 rings (SSSR count). The molecule has 82 valence electrons. The minimum absolute atomic E-state index is 0.298. The van der Waals surface area contributed by atoms with Gasteiger partial charge < -0.3 is 10.2 Å². The maximum absolute atomic E-state index is 9.22. The van der Waals surface area contributed by atoms with E-state index in [1.807, 2.05) is 31.2 Å². The van der Waals surface area contributed by atoms with E-state index in [9.17, 15) is 5.11 Å². The summed E-state index contributed by atoms with van der Waals surface area (Å²) >= 11 is 0. The highest BCUT2D eigenvalue weighted by Gasteiger charge is 2.04. The van der Waals surface area contributed by atoms with E-state index < -0.39 is 0 Å². The normalized spacial score (nSPS) is 10.3. The number of benzene rings is 1. The number of hydrogen-bond donors (Lipinski definition) is 2. The van der Waals surface area contributed by atoms with Gasteiger partial charge in [0.15, 0.2) is 5.75 Å². The maximum atomic E-state index is 9.22. The first kappa shape index (κ1) is 10.4. The van der Waals surface area contributed by atoms with Crippen molar-refractivity contribution in [2.75, 3.05) is 0 Å². The number of aromatic nitrogens is 2. The first-order chi connectivity index (χ1) is 7.65. The molecule has 0 radical (unpaired) electrons. The van der Waals surface area contributed by atoms with Crippen molar-refractivity contribution in [2.45, 2.75) is 13.3 Å². The van der Waals surface area contributed by atoms with Gasteiger partial charge in [-0.05, 0) is 12.5 Å². The van der Waals surface area contributed by atoms with Crippen LogP contribution >= 0.6 is 0 Å². The Kier molecular flexibility index (Phi) is 2.72. The van der Waals surface area contributed by atoms with E-state index in [4.69, 9.17) is 5.11 Å². The van der Waals surface area contributed by atoms with Crippen molar-refractivity contribution in [1.82, 2.24) is 9.97 Å². The van der Waals surface area contributed by atoms with Crippen LogP contribution in [0.25, 0.3) is 0 Å². The lowest BCUT2D eigenvalue weighted by Crippen LogP contribution is -1.96. The van der Waals surface area contributed by atoms with E-state index >= 15 is 0 Å². The Labute approximate surface area is 93.2 Å². The van der Waals surface area contributed by atoms with Crippen LogP contribution in [0.4, 0.5) is 0 Å². The average Bonchev–Trinajstić information content (AvgIpc) is 2.27. The molecule has 2 aromatic rings. The van der Waals surface area contributed by atoms with E-state index in [1.165, 1.54) is 11.8 Å². The third-order valence-electron chi connectivity index (χ3n) is 2.28. The van der Waals surface area contributed by atoms with Gasteiger partial charge in [0.1, 0.15) is 5.82 Å². The van der Waals surface area contributed by atoms with Crippen LogP contribution in [0.3, 0.4) is 0 Å². The highest BCUT2D eigenvalue weighted by molar-refractivity contribution is 5.29. The molecule has 16 heavy (non-hydrogen) atoms. The molecule has 0 spiro atoms. The van der Waals surface area contributed by atoms with Crippen LogP contribution in [0.2, 0.25) is 0 Å². The van der Waals surface area contributed by atoms with Crippen molar-refractivity contribution in [1.29, 1.82) is 0 Å². The minimum Gasteiger partial charge on any atom is -0.502 e. The first-order valence-corrected chi connectivity index (χ1v) is 4.94. The molecule has 0 saturated heterocycles. The van der Waals surface area contributed by atoms with Gasteiger partial charge in [-0.15, -0.1) is 0 Å². The summed E-state index contributed by atoms with van der Waals surface area (Å²) in [6.45, 7) is 2.02. The zero-order valence-corrected chi connectivity index (χ0v) is 8.88. The molecule has 0 unspecified atom stereocenters. The first-order valence-electron chi connectivity index (χ1n) is 4.94. The van der Waals surface area contributed by atoms with Gasteiger partial charge in [0.25, 0.3) is 5.88 Å². The number of hydrogen-bond acceptors (Lipinski definition) is 4. The second-order valence-corrected chi connectivity index (χ2v) is 3.66. The van der Waals surface area contributed by atoms with Gasteiger partial charge in [-0.25, -0.2) is 4.98 Å². The van der Waals surface area contributed by atoms with Gasteiger partial charge in [0.2, 0.25) is 0 Å². The molecule has 1 heterocycles. The summed E-state index contributed by atoms with van der Waals surface area (Å²) in [5, 5.41) is 18.3. The fourth-order valence-corrected chi connectivity index (χ4v) is 1.38. The van der Waals surface area contributed by atoms with Crippen molar-refractivity contribution in [3.05, 3.63) is 47.4 Å². The Hall–Kier alpha value is -2.10. The highest BCUT2D eigenvalue weighted by atomic mass is 16.3. The maximum Gasteiger partial charge on any atom is 0.257 e. The lowest BCUT2D eigenvalue weighted by Gasteiger charge is -2.02. The summed E-state index contributed by atoms with van der Waals surface area (Å²) < 4.78 is 0. The van der Waals surface area contributed by atoms with Gasteiger partial charge >= 0.3 is 0 Å². The molecule has 0 amide bonds. The Balaban J connectivity index is 2.20. The molecule has 1 aromatic heterocycles. The summed E-state index contributed by atoms with van der Waals surface area (Å²) in [7, 11) is 0. The molecule has 1 aromatic carbocycles. The zero-order chi connectivity index (χ0) is 11.5. The van der Waals surface area contributed by atoms with Crippen LogP contribution in [-0.2, 0) is 6.42 Å². The average molecular weight is 216 g/mol. The molecule has 4 heteroatoms. The van der Waals surface area contributed by atoms with Crippen LogP contribution < -0.4 is 0 Å². The lowest BCUT2D eigenvalue weighted by molar-refractivity contribution is 0.384. The smallest absolute Gasteiger partial charge is 0.257 e. The van der Waals surface area contributed by atoms with Crippen molar-refractivity contribution in [2.24, 2.45) is 0 Å². The third-order valence-corrected chi connectivity index (χ3v) is 2.28. The monoisotopic (exact) mass is 216 g/mol. The second kappa shape index (κ2) is 4.18. The SMILES string of the molecule is Cc1ccc(Cc2ncc(O)c(O)n2)cc1. The molecule has 0 saturated carbocycles. The Bertz CT molecular complexity index is 495. The minimum atomic E-state index is -0.378. The molecule has 0 atom stereocenters. The number of rotatable bonds is 2. The second-order valence-electron chi connectivity index (χ2n) is 3.66. The van der Waals surface area contributed by atoms with Gasteiger partial charge in [0.05, 0.1) is 6.20 Å². The Morgan fingerprint density at radius 2 is 1.81 bits per heavy atom. The van der Waals surface area contributed by atoms with E-state index in [0.717, 1.165) is 5.56 Å². The molecule has 0 fully saturated rings. The fraction of sp³-hybridized carbons (Fsp3) is 0.167. The lowest BCUT2D eigenvalue weighted by atomic mass is 10.1. The Morgan fingerprint density at radius 3 is 2.44 bits per heavy atom. The van der Waals surface area contributed by atoms with E-state index in [-0.39, 0.29) is 11.6 Å². The summed E-state index contributed by atoms with van der Waals surface area (Å²) in [5.74, 6) is -0.191. The van der Waals surface area contributed by atoms with Crippen LogP contribution in [0.15, 0.2) is 30.5 Å². The van der Waals surface area contributed by atoms with Gasteiger partial charge in [-0.3, -0.25) is 0 Å². The van der Waals surface area contributed by atoms with Crippen molar-refractivity contribution in [3.63, 3.8) is 0 Å². The molecular weight excluding hydrogens is 204 g/mol. The number of nitrogens with zero attached hydrogens (tertiary/aromatic N) is 2. The standard InChI is InChI=1S/C12H12N2O2/c1-8-2-4-9(5-3-8)6-11-13-7-10(15)12(16)14-11/h2-5,7,15H,6H2,1H3,(H,13,14,16). The zero-order valence-electron chi connectivity index (χ0n) is 8.88. The van der Waals surface area contributed by atoms with E-state index in [0.29, 0.717) is 12.2 Å². The van der Waals surface area contributed by atoms with Crippen molar-refractivity contribution in [3.8, 4) is 11.6 Å². The van der Waals surface area contributed by atoms with Gasteiger partial charge in [0, 0.05) is 6.42 Å². The quantitative estimate of drug-likeness (QED) is 0.803. The van der Waals surface area contributed by atoms with E-state index in [2.05, 4.69) is 9.97 Å². The number of aromatic hydroxyl groups is 2. The van der Waals surface area contributed by atoms with Crippen molar-refractivity contribution < 1.29 is 10.2 Å². The van der Waals surface area contributed by atoms with Crippen LogP contribution in [0.1, 0.15) is 17.0 Å². The molecule has 0 aliphatic carbocycles. The molecule has 0 aliphatic rings. The predicted molar refractivity (Wildman–Crippen MR) is 59.3 cm³/mol. The molecular formula is C12H12N2O2. The number of aryl methyl sites for hydroxylation is 1. The largest absolute Gasteiger partial charge is 0.502 e. The summed E-state index contributed by atoms with van der Waals surface area (Å²) in [5.41, 5.74) is 2.26. The van der Waals surface area contributed by atoms with Crippen LogP contribution in [-0.4, -0.2) is 20.2 Å². The highest BCUT2D eigenvalue weighted by Crippen LogP contribution is 2.19. The molecule has 4 nitrogen and oxygen atoms in total. The Morgan fingerprint density at radius 1 is 1.12 bits per heavy atom. The summed E-state index contributed by atoms with van der Waals surface area (Å²) in [4.78, 5) is 7.72. The van der Waals surface area contributed by atoms with E-state index in [1.54, 1.807) is 0 Å². The van der Waals surface area contributed by atoms with Crippen molar-refractivity contribution >= 4 is 0 Å². The van der Waals surface area contributed by atoms with Crippen LogP contribution in [0.5, 0.6) is 11.6 Å². The predicted octanol–water partition coefficient (Wildman–Crippen LogP) is 1.79. The van der Waals surface area contributed by atoms with Gasteiger partial charge in [-0.2, -0.15) is 4.98 Å². The molecule has 0 bridgehead atoms.